The highest BCUT2D eigenvalue weighted by Crippen LogP contribution is 2.31. The quantitative estimate of drug-likeness (QED) is 0.0400. The minimum absolute atomic E-state index is 0.238. The predicted molar refractivity (Wildman–Crippen MR) is 441 cm³/mol. The van der Waals surface area contributed by atoms with Crippen LogP contribution >= 0.6 is 0 Å². The van der Waals surface area contributed by atoms with Crippen LogP contribution < -0.4 is 33.7 Å². The van der Waals surface area contributed by atoms with E-state index in [0.717, 1.165) is 201 Å². The topological polar surface area (TPSA) is 213 Å². The van der Waals surface area contributed by atoms with Crippen LogP contribution in [0.1, 0.15) is 67.0 Å². The van der Waals surface area contributed by atoms with Gasteiger partial charge in [-0.05, 0) is 154 Å². The molecular formula is C87H109N13O11S. The van der Waals surface area contributed by atoms with Gasteiger partial charge in [-0.25, -0.2) is 32.7 Å². The van der Waals surface area contributed by atoms with Crippen molar-refractivity contribution in [3.63, 3.8) is 0 Å². The number of aromatic nitrogens is 8. The van der Waals surface area contributed by atoms with Crippen LogP contribution in [-0.2, 0) is 76.6 Å². The van der Waals surface area contributed by atoms with Crippen LogP contribution in [0.3, 0.4) is 0 Å². The van der Waals surface area contributed by atoms with Gasteiger partial charge in [-0.1, -0.05) is 92.2 Å². The number of nitrogens with zero attached hydrogens (tertiary/aromatic N) is 12. The lowest BCUT2D eigenvalue weighted by Gasteiger charge is -2.26. The molecule has 3 aliphatic heterocycles. The van der Waals surface area contributed by atoms with Gasteiger partial charge in [-0.15, -0.1) is 0 Å². The average molecular weight is 1540 g/mol. The molecule has 7 heterocycles. The summed E-state index contributed by atoms with van der Waals surface area (Å²) in [4.78, 5) is 27.0. The molecule has 3 fully saturated rings. The Balaban J connectivity index is 0.000000139. The highest BCUT2D eigenvalue weighted by molar-refractivity contribution is 7.89. The maximum Gasteiger partial charge on any atom is 0.242 e. The summed E-state index contributed by atoms with van der Waals surface area (Å²) in [5.41, 5.74) is 11.6. The van der Waals surface area contributed by atoms with E-state index in [9.17, 15) is 8.42 Å². The van der Waals surface area contributed by atoms with Gasteiger partial charge in [0.15, 0.2) is 11.5 Å². The fourth-order valence-electron chi connectivity index (χ4n) is 14.1. The minimum atomic E-state index is -3.51. The molecule has 0 aliphatic carbocycles. The van der Waals surface area contributed by atoms with Gasteiger partial charge in [0.1, 0.15) is 72.7 Å². The second kappa shape index (κ2) is 40.9. The van der Waals surface area contributed by atoms with Crippen LogP contribution in [0.15, 0.2) is 187 Å². The lowest BCUT2D eigenvalue weighted by atomic mass is 10.1. The number of nitrogens with one attached hydrogen (secondary N) is 1. The number of hydrogen-bond donors (Lipinski definition) is 1. The van der Waals surface area contributed by atoms with Crippen molar-refractivity contribution in [2.24, 2.45) is 0 Å². The summed E-state index contributed by atoms with van der Waals surface area (Å²) in [6, 6.07) is 59.5. The number of piperidine rings is 1. The second-order valence-electron chi connectivity index (χ2n) is 28.0. The fourth-order valence-corrected chi connectivity index (χ4v) is 15.0. The molecule has 0 unspecified atom stereocenters. The lowest BCUT2D eigenvalue weighted by Crippen LogP contribution is -2.36. The van der Waals surface area contributed by atoms with Crippen LogP contribution in [-0.4, -0.2) is 200 Å². The molecule has 1 N–H and O–H groups in total. The Morgan fingerprint density at radius 2 is 0.893 bits per heavy atom. The van der Waals surface area contributed by atoms with Crippen molar-refractivity contribution in [2.75, 3.05) is 139 Å². The first-order chi connectivity index (χ1) is 54.8. The van der Waals surface area contributed by atoms with Gasteiger partial charge < -0.3 is 66.2 Å². The Bertz CT molecular complexity index is 5060. The summed E-state index contributed by atoms with van der Waals surface area (Å²) in [7, 11) is 4.49. The maximum absolute atomic E-state index is 12.5. The predicted octanol–water partition coefficient (Wildman–Crippen LogP) is 14.0. The molecule has 3 saturated heterocycles. The van der Waals surface area contributed by atoms with Gasteiger partial charge in [0.2, 0.25) is 10.0 Å². The Kier molecular flexibility index (Phi) is 29.7. The smallest absolute Gasteiger partial charge is 0.242 e. The summed E-state index contributed by atoms with van der Waals surface area (Å²) < 4.78 is 85.7. The number of aryl methyl sites for hydroxylation is 2. The zero-order chi connectivity index (χ0) is 78.0. The third-order valence-corrected chi connectivity index (χ3v) is 22.1. The molecule has 594 valence electrons. The van der Waals surface area contributed by atoms with Crippen molar-refractivity contribution in [3.05, 3.63) is 216 Å². The average Bonchev–Trinajstić information content (AvgIpc) is 1.60. The number of para-hydroxylation sites is 10. The van der Waals surface area contributed by atoms with Crippen molar-refractivity contribution < 1.29 is 51.0 Å². The van der Waals surface area contributed by atoms with E-state index in [1.165, 1.54) is 67.4 Å². The van der Waals surface area contributed by atoms with E-state index in [1.807, 2.05) is 91.0 Å². The monoisotopic (exact) mass is 1540 g/mol. The van der Waals surface area contributed by atoms with Crippen LogP contribution in [0.5, 0.6) is 34.5 Å². The normalized spacial score (nSPS) is 14.3. The molecule has 0 bridgehead atoms. The first-order valence-electron chi connectivity index (χ1n) is 39.0. The molecule has 15 rings (SSSR count). The largest absolute Gasteiger partial charge is 0.497 e. The summed E-state index contributed by atoms with van der Waals surface area (Å²) in [6.45, 7) is 24.6. The Morgan fingerprint density at radius 1 is 0.429 bits per heavy atom. The molecule has 0 radical (unpaired) electrons. The van der Waals surface area contributed by atoms with E-state index >= 15 is 0 Å². The summed E-state index contributed by atoms with van der Waals surface area (Å²) in [6.07, 6.45) is 4.90. The number of likely N-dealkylation sites (tertiary alicyclic amines) is 1. The molecule has 0 spiro atoms. The van der Waals surface area contributed by atoms with Crippen molar-refractivity contribution in [3.8, 4) is 34.5 Å². The van der Waals surface area contributed by atoms with E-state index < -0.39 is 10.0 Å². The van der Waals surface area contributed by atoms with Gasteiger partial charge in [0, 0.05) is 60.0 Å². The van der Waals surface area contributed by atoms with Crippen molar-refractivity contribution in [1.82, 2.24) is 57.2 Å². The van der Waals surface area contributed by atoms with E-state index in [-0.39, 0.29) is 4.90 Å². The number of methoxy groups -OCH3 is 3. The third kappa shape index (κ3) is 21.6. The Morgan fingerprint density at radius 3 is 1.45 bits per heavy atom. The van der Waals surface area contributed by atoms with E-state index in [4.69, 9.17) is 62.6 Å². The highest BCUT2D eigenvalue weighted by Gasteiger charge is 2.23. The van der Waals surface area contributed by atoms with Gasteiger partial charge in [-0.3, -0.25) is 14.7 Å². The first kappa shape index (κ1) is 81.4. The summed E-state index contributed by atoms with van der Waals surface area (Å²) in [5.74, 6) is 9.00. The number of hydrogen-bond acceptors (Lipinski definition) is 19. The first-order valence-corrected chi connectivity index (χ1v) is 40.5. The van der Waals surface area contributed by atoms with Crippen molar-refractivity contribution in [1.29, 1.82) is 0 Å². The van der Waals surface area contributed by atoms with Gasteiger partial charge in [0.05, 0.1) is 148 Å². The Hall–Kier alpha value is -10.1. The molecule has 4 aromatic heterocycles. The standard InChI is InChI=1S/C23H29N3O.C22H30N4O4S.2C21H25N3O3/c1-18-9-8-12-22(19(18)2)27-16-15-26-21-11-5-4-10-20(21)24-23(26)17-25-13-6-3-7-14-25;1-5-12-26-20-11-10-17(31(27,28)25(2)3)15-19(20)24-22(26)16-23-18-8-6-7-9-21(18)30-14-13-29-4;1-25-17-5-4-6-18(15-17)27-14-11-24-20-8-3-2-7-19(20)22-21(24)16-23-9-12-26-13-10-23;1-25-19-8-4-5-9-20(19)27-15-12-24-18-7-3-2-6-17(18)22-21(24)16-23-10-13-26-14-11-23/h4-5,8-12H,3,6-7,13-17H2,1-2H3;6-11,15,23H,5,12-14,16H2,1-4H3;2-8,15H,9-14,16H2,1H3;2-9H,10-16H2,1H3. The molecular weight excluding hydrogens is 1440 g/mol. The van der Waals surface area contributed by atoms with E-state index in [2.05, 4.69) is 138 Å². The zero-order valence-corrected chi connectivity index (χ0v) is 67.0. The van der Waals surface area contributed by atoms with Crippen LogP contribution in [0.25, 0.3) is 44.1 Å². The molecule has 8 aromatic carbocycles. The highest BCUT2D eigenvalue weighted by atomic mass is 32.2. The number of sulfonamides is 1. The molecule has 0 saturated carbocycles. The fraction of sp³-hybridized carbons (Fsp3) is 0.402. The number of anilines is 1. The summed E-state index contributed by atoms with van der Waals surface area (Å²) in [5, 5.41) is 3.40. The maximum atomic E-state index is 12.5. The van der Waals surface area contributed by atoms with Gasteiger partial charge in [-0.2, -0.15) is 0 Å². The number of fused-ring (bicyclic) bond motifs is 4. The Labute approximate surface area is 658 Å². The number of ether oxygens (including phenoxy) is 9. The zero-order valence-electron chi connectivity index (χ0n) is 66.2. The van der Waals surface area contributed by atoms with Crippen LogP contribution in [0, 0.1) is 13.8 Å². The van der Waals surface area contributed by atoms with Gasteiger partial charge >= 0.3 is 0 Å². The lowest BCUT2D eigenvalue weighted by molar-refractivity contribution is 0.0325. The van der Waals surface area contributed by atoms with Crippen LogP contribution in [0.4, 0.5) is 5.69 Å². The van der Waals surface area contributed by atoms with E-state index in [0.29, 0.717) is 45.1 Å². The minimum Gasteiger partial charge on any atom is -0.497 e. The molecule has 24 nitrogen and oxygen atoms in total. The summed E-state index contributed by atoms with van der Waals surface area (Å²) >= 11 is 0. The molecule has 25 heteroatoms. The van der Waals surface area contributed by atoms with E-state index in [1.54, 1.807) is 33.5 Å². The number of imidazole rings is 4. The molecule has 12 aromatic rings. The third-order valence-electron chi connectivity index (χ3n) is 20.2. The number of morpholine rings is 2. The van der Waals surface area contributed by atoms with Crippen molar-refractivity contribution in [2.45, 2.75) is 104 Å². The number of rotatable bonds is 31. The van der Waals surface area contributed by atoms with Crippen LogP contribution in [0.2, 0.25) is 0 Å². The molecule has 3 aliphatic rings. The van der Waals surface area contributed by atoms with Crippen molar-refractivity contribution >= 4 is 59.8 Å². The SMILES string of the molecule is CCCn1c(CNc2ccccc2OCCOC)nc2cc(S(=O)(=O)N(C)C)ccc21.COc1cccc(OCCn2c(CN3CCOCC3)nc3ccccc32)c1.COc1ccccc1OCCn1c(CN2CCOCC2)nc2ccccc21.Cc1cccc(OCCn2c(CN3CCCCC3)nc3ccccc32)c1C. The van der Waals surface area contributed by atoms with Gasteiger partial charge in [0.25, 0.3) is 0 Å². The molecule has 112 heavy (non-hydrogen) atoms. The molecule has 0 amide bonds. The molecule has 0 atom stereocenters. The number of benzene rings is 8. The second-order valence-corrected chi connectivity index (χ2v) is 30.2.